The maximum Gasteiger partial charge on any atom is 0.274 e. The smallest absolute Gasteiger partial charge is 0.274 e. The lowest BCUT2D eigenvalue weighted by Gasteiger charge is -2.09. The average molecular weight is 296 g/mol. The number of aryl methyl sites for hydroxylation is 2. The van der Waals surface area contributed by atoms with Crippen LogP contribution in [0.1, 0.15) is 22.6 Å². The third kappa shape index (κ3) is 3.06. The van der Waals surface area contributed by atoms with Crippen molar-refractivity contribution in [1.29, 1.82) is 0 Å². The van der Waals surface area contributed by atoms with Gasteiger partial charge in [-0.1, -0.05) is 12.1 Å². The first-order chi connectivity index (χ1) is 10.6. The van der Waals surface area contributed by atoms with Crippen molar-refractivity contribution in [3.63, 3.8) is 0 Å². The van der Waals surface area contributed by atoms with Crippen molar-refractivity contribution in [2.75, 3.05) is 5.32 Å². The number of H-pyrrole nitrogens is 1. The first kappa shape index (κ1) is 14.1. The Morgan fingerprint density at radius 3 is 2.82 bits per heavy atom. The van der Waals surface area contributed by atoms with Crippen LogP contribution in [0.3, 0.4) is 0 Å². The molecule has 0 aliphatic carbocycles. The molecule has 0 radical (unpaired) electrons. The van der Waals surface area contributed by atoms with E-state index in [-0.39, 0.29) is 5.56 Å². The summed E-state index contributed by atoms with van der Waals surface area (Å²) in [4.78, 5) is 14.8. The summed E-state index contributed by atoms with van der Waals surface area (Å²) in [6, 6.07) is 9.60. The fourth-order valence-corrected chi connectivity index (χ4v) is 2.11. The van der Waals surface area contributed by atoms with Gasteiger partial charge in [0.05, 0.1) is 12.7 Å². The molecule has 2 aromatic heterocycles. The molecule has 2 N–H and O–H groups in total. The zero-order chi connectivity index (χ0) is 15.5. The second-order valence-corrected chi connectivity index (χ2v) is 5.15. The first-order valence-electron chi connectivity index (χ1n) is 6.94. The van der Waals surface area contributed by atoms with Crippen LogP contribution in [0.5, 0.6) is 0 Å². The molecule has 0 saturated heterocycles. The molecule has 0 fully saturated rings. The van der Waals surface area contributed by atoms with Gasteiger partial charge in [-0.25, -0.2) is 0 Å². The van der Waals surface area contributed by atoms with Crippen LogP contribution in [0.4, 0.5) is 11.6 Å². The molecule has 112 valence electrons. The topological polar surface area (TPSA) is 83.8 Å². The summed E-state index contributed by atoms with van der Waals surface area (Å²) in [5, 5.41) is 11.1. The normalized spacial score (nSPS) is 10.6. The Balaban J connectivity index is 1.83. The highest BCUT2D eigenvalue weighted by Crippen LogP contribution is 2.18. The van der Waals surface area contributed by atoms with E-state index in [1.807, 2.05) is 32.0 Å². The molecule has 1 aromatic carbocycles. The third-order valence-electron chi connectivity index (χ3n) is 3.33. The van der Waals surface area contributed by atoms with E-state index in [0.29, 0.717) is 23.8 Å². The lowest BCUT2D eigenvalue weighted by molar-refractivity contribution is 0.517. The van der Waals surface area contributed by atoms with Gasteiger partial charge < -0.3 is 9.73 Å². The monoisotopic (exact) mass is 296 g/mol. The summed E-state index contributed by atoms with van der Waals surface area (Å²) in [6.07, 6.45) is 1.88. The fourth-order valence-electron chi connectivity index (χ4n) is 2.11. The number of anilines is 2. The zero-order valence-corrected chi connectivity index (χ0v) is 12.4. The predicted molar refractivity (Wildman–Crippen MR) is 83.4 cm³/mol. The van der Waals surface area contributed by atoms with Crippen LogP contribution in [0.25, 0.3) is 0 Å². The van der Waals surface area contributed by atoms with Crippen LogP contribution in [0, 0.1) is 13.8 Å². The molecule has 0 spiro atoms. The van der Waals surface area contributed by atoms with E-state index in [9.17, 15) is 4.79 Å². The molecule has 0 bridgehead atoms. The van der Waals surface area contributed by atoms with E-state index in [1.165, 1.54) is 0 Å². The van der Waals surface area contributed by atoms with Gasteiger partial charge in [-0.2, -0.15) is 0 Å². The maximum atomic E-state index is 12.1. The molecule has 3 aromatic rings. The zero-order valence-electron chi connectivity index (χ0n) is 12.4. The number of furan rings is 1. The van der Waals surface area contributed by atoms with Crippen LogP contribution in [-0.2, 0) is 6.42 Å². The Kier molecular flexibility index (Phi) is 3.74. The summed E-state index contributed by atoms with van der Waals surface area (Å²) < 4.78 is 5.21. The van der Waals surface area contributed by atoms with Crippen molar-refractivity contribution in [1.82, 2.24) is 15.2 Å². The fraction of sp³-hybridized carbons (Fsp3) is 0.188. The van der Waals surface area contributed by atoms with Gasteiger partial charge in [-0.3, -0.25) is 9.78 Å². The van der Waals surface area contributed by atoms with Crippen molar-refractivity contribution in [3.05, 3.63) is 69.5 Å². The quantitative estimate of drug-likeness (QED) is 0.773. The van der Waals surface area contributed by atoms with Crippen molar-refractivity contribution in [3.8, 4) is 0 Å². The SMILES string of the molecule is Cc1ccc(C)c(Nc2nnc(Cc3ccco3)c(=O)[nH]2)c1. The lowest BCUT2D eigenvalue weighted by atomic mass is 10.1. The molecule has 6 nitrogen and oxygen atoms in total. The maximum absolute atomic E-state index is 12.1. The first-order valence-corrected chi connectivity index (χ1v) is 6.94. The van der Waals surface area contributed by atoms with Gasteiger partial charge in [0.2, 0.25) is 5.95 Å². The van der Waals surface area contributed by atoms with E-state index >= 15 is 0 Å². The molecule has 3 rings (SSSR count). The van der Waals surface area contributed by atoms with E-state index in [2.05, 4.69) is 20.5 Å². The van der Waals surface area contributed by atoms with Gasteiger partial charge in [0.25, 0.3) is 5.56 Å². The predicted octanol–water partition coefficient (Wildman–Crippen LogP) is 2.71. The molecular weight excluding hydrogens is 280 g/mol. The molecule has 0 unspecified atom stereocenters. The lowest BCUT2D eigenvalue weighted by Crippen LogP contribution is -2.18. The molecule has 2 heterocycles. The number of rotatable bonds is 4. The Morgan fingerprint density at radius 1 is 1.23 bits per heavy atom. The second kappa shape index (κ2) is 5.85. The minimum atomic E-state index is -0.279. The number of hydrogen-bond donors (Lipinski definition) is 2. The number of nitrogens with one attached hydrogen (secondary N) is 2. The molecule has 0 aliphatic rings. The highest BCUT2D eigenvalue weighted by Gasteiger charge is 2.08. The highest BCUT2D eigenvalue weighted by atomic mass is 16.3. The molecule has 0 atom stereocenters. The summed E-state index contributed by atoms with van der Waals surface area (Å²) in [7, 11) is 0. The molecule has 0 amide bonds. The number of hydrogen-bond acceptors (Lipinski definition) is 5. The van der Waals surface area contributed by atoms with Crippen LogP contribution in [0.15, 0.2) is 45.8 Å². The van der Waals surface area contributed by atoms with Crippen molar-refractivity contribution in [2.45, 2.75) is 20.3 Å². The van der Waals surface area contributed by atoms with Gasteiger partial charge in [0, 0.05) is 5.69 Å². The standard InChI is InChI=1S/C16H16N4O2/c1-10-5-6-11(2)13(8-10)17-16-18-15(21)14(19-20-16)9-12-4-3-7-22-12/h3-8H,9H2,1-2H3,(H2,17,18,20,21). The van der Waals surface area contributed by atoms with E-state index in [1.54, 1.807) is 18.4 Å². The van der Waals surface area contributed by atoms with Crippen LogP contribution < -0.4 is 10.9 Å². The van der Waals surface area contributed by atoms with Crippen molar-refractivity contribution in [2.24, 2.45) is 0 Å². The summed E-state index contributed by atoms with van der Waals surface area (Å²) in [6.45, 7) is 3.99. The Morgan fingerprint density at radius 2 is 2.09 bits per heavy atom. The molecule has 22 heavy (non-hydrogen) atoms. The molecule has 6 heteroatoms. The van der Waals surface area contributed by atoms with Crippen LogP contribution >= 0.6 is 0 Å². The van der Waals surface area contributed by atoms with Gasteiger partial charge >= 0.3 is 0 Å². The van der Waals surface area contributed by atoms with E-state index in [4.69, 9.17) is 4.42 Å². The Hall–Kier alpha value is -2.89. The van der Waals surface area contributed by atoms with Gasteiger partial charge in [-0.15, -0.1) is 10.2 Å². The van der Waals surface area contributed by atoms with Crippen LogP contribution in [0.2, 0.25) is 0 Å². The summed E-state index contributed by atoms with van der Waals surface area (Å²) in [5.41, 5.74) is 3.12. The van der Waals surface area contributed by atoms with E-state index < -0.39 is 0 Å². The number of benzene rings is 1. The van der Waals surface area contributed by atoms with E-state index in [0.717, 1.165) is 16.8 Å². The summed E-state index contributed by atoms with van der Waals surface area (Å²) in [5.74, 6) is 0.997. The van der Waals surface area contributed by atoms with Crippen molar-refractivity contribution >= 4 is 11.6 Å². The molecule has 0 aliphatic heterocycles. The largest absolute Gasteiger partial charge is 0.469 e. The summed E-state index contributed by atoms with van der Waals surface area (Å²) >= 11 is 0. The minimum Gasteiger partial charge on any atom is -0.469 e. The average Bonchev–Trinajstić information content (AvgIpc) is 2.99. The van der Waals surface area contributed by atoms with Gasteiger partial charge in [0.1, 0.15) is 11.5 Å². The number of nitrogens with zero attached hydrogens (tertiary/aromatic N) is 2. The van der Waals surface area contributed by atoms with Gasteiger partial charge in [0.15, 0.2) is 0 Å². The minimum absolute atomic E-state index is 0.279. The van der Waals surface area contributed by atoms with Crippen molar-refractivity contribution < 1.29 is 4.42 Å². The molecular formula is C16H16N4O2. The Bertz CT molecular complexity index is 838. The number of aromatic amines is 1. The second-order valence-electron chi connectivity index (χ2n) is 5.15. The highest BCUT2D eigenvalue weighted by molar-refractivity contribution is 5.58. The Labute approximate surface area is 127 Å². The number of aromatic nitrogens is 3. The van der Waals surface area contributed by atoms with Crippen LogP contribution in [-0.4, -0.2) is 15.2 Å². The van der Waals surface area contributed by atoms with Gasteiger partial charge in [-0.05, 0) is 43.2 Å². The molecule has 0 saturated carbocycles. The third-order valence-corrected chi connectivity index (χ3v) is 3.33.